The zero-order valence-electron chi connectivity index (χ0n) is 13.2. The quantitative estimate of drug-likeness (QED) is 0.328. The maximum Gasteiger partial charge on any atom is 0.332 e. The number of aliphatic carboxylic acids is 3. The minimum absolute atomic E-state index is 0.167. The first-order valence-electron chi connectivity index (χ1n) is 6.07. The number of hydrogen-bond donors (Lipinski definition) is 7. The Morgan fingerprint density at radius 2 is 0.591 bits per heavy atom. The fourth-order valence-electron chi connectivity index (χ4n) is 0. The Hall–Kier alpha value is -1.75. The molecule has 0 bridgehead atoms. The Labute approximate surface area is 128 Å². The highest BCUT2D eigenvalue weighted by Gasteiger charge is 2.02. The molecule has 0 radical (unpaired) electrons. The number of carboxylic acid groups (broad SMARTS) is 3. The van der Waals surface area contributed by atoms with Crippen molar-refractivity contribution in [3.05, 3.63) is 0 Å². The minimum Gasteiger partial charge on any atom is -0.479 e. The average Bonchev–Trinajstić information content (AvgIpc) is 2.29. The lowest BCUT2D eigenvalue weighted by Gasteiger charge is -1.89. The lowest BCUT2D eigenvalue weighted by Crippen LogP contribution is -2.13. The van der Waals surface area contributed by atoms with Crippen molar-refractivity contribution in [3.8, 4) is 0 Å². The van der Waals surface area contributed by atoms with Crippen LogP contribution in [0, 0.1) is 0 Å². The van der Waals surface area contributed by atoms with Crippen LogP contribution in [0.25, 0.3) is 0 Å². The molecule has 22 heavy (non-hydrogen) atoms. The van der Waals surface area contributed by atoms with Crippen molar-refractivity contribution < 1.29 is 50.1 Å². The third-order valence-corrected chi connectivity index (χ3v) is 1.07. The van der Waals surface area contributed by atoms with Gasteiger partial charge >= 0.3 is 17.9 Å². The summed E-state index contributed by atoms with van der Waals surface area (Å²) in [5.74, 6) is -3.56. The fraction of sp³-hybridized carbons (Fsp3) is 0.750. The average molecular weight is 330 g/mol. The van der Waals surface area contributed by atoms with E-state index in [1.807, 2.05) is 0 Å². The van der Waals surface area contributed by atoms with Gasteiger partial charge in [-0.05, 0) is 34.6 Å². The Kier molecular flexibility index (Phi) is 22.3. The molecule has 0 heterocycles. The van der Waals surface area contributed by atoms with Crippen molar-refractivity contribution in [3.63, 3.8) is 0 Å². The molecule has 10 nitrogen and oxygen atoms in total. The van der Waals surface area contributed by atoms with Crippen LogP contribution in [0.15, 0.2) is 0 Å². The van der Waals surface area contributed by atoms with Crippen LogP contribution in [-0.2, 0) is 14.4 Å². The molecule has 0 aromatic heterocycles. The number of hydrogen-bond acceptors (Lipinski definition) is 7. The highest BCUT2D eigenvalue weighted by Crippen LogP contribution is 1.74. The first kappa shape index (κ1) is 28.4. The molecule has 0 amide bonds. The Bertz CT molecular complexity index is 251. The standard InChI is InChI=1S/3C3H6O3.C3H8O/c3*1-2(4)3(5)6;1-3(2)4/h3*2,4H,1H3,(H,5,6);3-4H,1-2H3. The molecule has 0 aliphatic heterocycles. The summed E-state index contributed by atoms with van der Waals surface area (Å²) in [6.07, 6.45) is -3.86. The van der Waals surface area contributed by atoms with Gasteiger partial charge in [0.25, 0.3) is 0 Å². The van der Waals surface area contributed by atoms with Crippen LogP contribution in [-0.4, -0.2) is 78.1 Å². The largest absolute Gasteiger partial charge is 0.479 e. The lowest BCUT2D eigenvalue weighted by molar-refractivity contribution is -0.146. The second-order valence-corrected chi connectivity index (χ2v) is 4.14. The summed E-state index contributed by atoms with van der Waals surface area (Å²) in [6, 6.07) is 0. The summed E-state index contributed by atoms with van der Waals surface area (Å²) in [7, 11) is 0. The first-order valence-corrected chi connectivity index (χ1v) is 6.07. The fourth-order valence-corrected chi connectivity index (χ4v) is 0. The monoisotopic (exact) mass is 330 g/mol. The molecule has 3 atom stereocenters. The smallest absolute Gasteiger partial charge is 0.332 e. The minimum atomic E-state index is -1.23. The van der Waals surface area contributed by atoms with E-state index in [1.54, 1.807) is 13.8 Å². The van der Waals surface area contributed by atoms with Crippen molar-refractivity contribution in [2.45, 2.75) is 59.0 Å². The number of aliphatic hydroxyl groups is 4. The van der Waals surface area contributed by atoms with E-state index in [1.165, 1.54) is 20.8 Å². The zero-order valence-corrected chi connectivity index (χ0v) is 13.2. The van der Waals surface area contributed by atoms with E-state index < -0.39 is 36.2 Å². The van der Waals surface area contributed by atoms with Crippen LogP contribution in [0.3, 0.4) is 0 Å². The normalized spacial score (nSPS) is 12.8. The van der Waals surface area contributed by atoms with E-state index in [4.69, 9.17) is 35.7 Å². The van der Waals surface area contributed by atoms with E-state index in [2.05, 4.69) is 0 Å². The van der Waals surface area contributed by atoms with Gasteiger partial charge in [0.05, 0.1) is 0 Å². The van der Waals surface area contributed by atoms with Gasteiger partial charge in [0.2, 0.25) is 0 Å². The molecule has 0 saturated heterocycles. The van der Waals surface area contributed by atoms with Crippen LogP contribution in [0.1, 0.15) is 34.6 Å². The van der Waals surface area contributed by atoms with Gasteiger partial charge in [0.1, 0.15) is 18.3 Å². The van der Waals surface area contributed by atoms with E-state index in [-0.39, 0.29) is 6.10 Å². The summed E-state index contributed by atoms with van der Waals surface area (Å²) in [4.78, 5) is 28.3. The number of carboxylic acids is 3. The Morgan fingerprint density at radius 1 is 0.545 bits per heavy atom. The highest BCUT2D eigenvalue weighted by molar-refractivity contribution is 5.71. The van der Waals surface area contributed by atoms with Crippen molar-refractivity contribution >= 4 is 17.9 Å². The molecule has 0 aromatic carbocycles. The SMILES string of the molecule is CC(C)O.CC(O)C(=O)O.CC(O)C(=O)O.CC(O)C(=O)O. The molecule has 0 aliphatic carbocycles. The summed E-state index contributed by atoms with van der Waals surface area (Å²) in [5, 5.41) is 55.4. The van der Waals surface area contributed by atoms with Crippen LogP contribution >= 0.6 is 0 Å². The molecular formula is C12H26O10. The van der Waals surface area contributed by atoms with Crippen LogP contribution in [0.4, 0.5) is 0 Å². The maximum absolute atomic E-state index is 9.45. The van der Waals surface area contributed by atoms with E-state index in [9.17, 15) is 14.4 Å². The van der Waals surface area contributed by atoms with Crippen LogP contribution in [0.5, 0.6) is 0 Å². The molecule has 10 heteroatoms. The van der Waals surface area contributed by atoms with Gasteiger partial charge in [-0.2, -0.15) is 0 Å². The predicted molar refractivity (Wildman–Crippen MR) is 75.3 cm³/mol. The van der Waals surface area contributed by atoms with Gasteiger partial charge in [-0.3, -0.25) is 0 Å². The van der Waals surface area contributed by atoms with Gasteiger partial charge < -0.3 is 35.7 Å². The molecule has 0 aromatic rings. The topological polar surface area (TPSA) is 193 Å². The van der Waals surface area contributed by atoms with Crippen molar-refractivity contribution in [1.82, 2.24) is 0 Å². The number of aliphatic hydroxyl groups excluding tert-OH is 4. The van der Waals surface area contributed by atoms with E-state index >= 15 is 0 Å². The first-order chi connectivity index (χ1) is 9.66. The summed E-state index contributed by atoms with van der Waals surface area (Å²) in [6.45, 7) is 7.03. The summed E-state index contributed by atoms with van der Waals surface area (Å²) >= 11 is 0. The molecular weight excluding hydrogens is 304 g/mol. The molecule has 134 valence electrons. The lowest BCUT2D eigenvalue weighted by atomic mass is 10.4. The Morgan fingerprint density at radius 3 is 0.591 bits per heavy atom. The highest BCUT2D eigenvalue weighted by atomic mass is 16.4. The van der Waals surface area contributed by atoms with Crippen molar-refractivity contribution in [1.29, 1.82) is 0 Å². The molecule has 0 rings (SSSR count). The third kappa shape index (κ3) is 51.7. The summed E-state index contributed by atoms with van der Waals surface area (Å²) < 4.78 is 0. The van der Waals surface area contributed by atoms with Crippen molar-refractivity contribution in [2.75, 3.05) is 0 Å². The molecule has 0 aliphatic rings. The summed E-state index contributed by atoms with van der Waals surface area (Å²) in [5.41, 5.74) is 0. The van der Waals surface area contributed by atoms with Gasteiger partial charge in [-0.15, -0.1) is 0 Å². The molecule has 0 fully saturated rings. The predicted octanol–water partition coefficient (Wildman–Crippen LogP) is -1.26. The zero-order chi connectivity index (χ0) is 19.0. The number of carbonyl (C=O) groups is 3. The second kappa shape index (κ2) is 17.3. The molecule has 0 spiro atoms. The molecule has 7 N–H and O–H groups in total. The molecule has 3 unspecified atom stereocenters. The van der Waals surface area contributed by atoms with Crippen LogP contribution < -0.4 is 0 Å². The van der Waals surface area contributed by atoms with E-state index in [0.29, 0.717) is 0 Å². The van der Waals surface area contributed by atoms with Crippen LogP contribution in [0.2, 0.25) is 0 Å². The number of rotatable bonds is 3. The van der Waals surface area contributed by atoms with Crippen molar-refractivity contribution in [2.24, 2.45) is 0 Å². The second-order valence-electron chi connectivity index (χ2n) is 4.14. The van der Waals surface area contributed by atoms with Gasteiger partial charge in [0, 0.05) is 6.10 Å². The van der Waals surface area contributed by atoms with E-state index in [0.717, 1.165) is 0 Å². The Balaban J connectivity index is -0.0000000994. The van der Waals surface area contributed by atoms with Gasteiger partial charge in [0.15, 0.2) is 0 Å². The van der Waals surface area contributed by atoms with Gasteiger partial charge in [-0.1, -0.05) is 0 Å². The maximum atomic E-state index is 9.45. The third-order valence-electron chi connectivity index (χ3n) is 1.07. The molecule has 0 saturated carbocycles. The van der Waals surface area contributed by atoms with Gasteiger partial charge in [-0.25, -0.2) is 14.4 Å².